The molecule has 0 aliphatic carbocycles. The molecule has 0 radical (unpaired) electrons. The zero-order valence-electron chi connectivity index (χ0n) is 10.7. The molecule has 96 valence electrons. The van der Waals surface area contributed by atoms with E-state index in [0.717, 1.165) is 25.7 Å². The highest BCUT2D eigenvalue weighted by molar-refractivity contribution is 5.87. The third kappa shape index (κ3) is 1.67. The Morgan fingerprint density at radius 3 is 2.61 bits per heavy atom. The van der Waals surface area contributed by atoms with Crippen LogP contribution >= 0.6 is 0 Å². The molecule has 0 N–H and O–H groups in total. The van der Waals surface area contributed by atoms with Crippen LogP contribution in [0.4, 0.5) is 0 Å². The van der Waals surface area contributed by atoms with Gasteiger partial charge in [-0.1, -0.05) is 6.58 Å². The van der Waals surface area contributed by atoms with Gasteiger partial charge in [-0.3, -0.25) is 9.48 Å². The number of carbonyl (C=O) groups excluding carboxylic acids is 1. The van der Waals surface area contributed by atoms with Gasteiger partial charge >= 0.3 is 0 Å². The predicted octanol–water partition coefficient (Wildman–Crippen LogP) is 1.84. The standard InChI is InChI=1S/C14H19N3O/c1-3-14(18)17-11-4-5-12(17)9-10(8-11)13-6-7-15-16(13)2/h3,6-7,10-12H,1,4-5,8-9H2,2H3. The summed E-state index contributed by atoms with van der Waals surface area (Å²) in [6.07, 6.45) is 7.72. The van der Waals surface area contributed by atoms with Crippen molar-refractivity contribution in [3.63, 3.8) is 0 Å². The molecule has 2 bridgehead atoms. The van der Waals surface area contributed by atoms with Crippen LogP contribution in [-0.4, -0.2) is 32.7 Å². The number of fused-ring (bicyclic) bond motifs is 2. The van der Waals surface area contributed by atoms with Crippen molar-refractivity contribution in [3.05, 3.63) is 30.6 Å². The SMILES string of the molecule is C=CC(=O)N1C2CCC1CC(c1ccnn1C)C2. The van der Waals surface area contributed by atoms with Gasteiger partial charge in [0.15, 0.2) is 0 Å². The number of aryl methyl sites for hydroxylation is 1. The lowest BCUT2D eigenvalue weighted by Crippen LogP contribution is -2.45. The fraction of sp³-hybridized carbons (Fsp3) is 0.571. The normalized spacial score (nSPS) is 30.5. The van der Waals surface area contributed by atoms with Gasteiger partial charge in [-0.15, -0.1) is 0 Å². The van der Waals surface area contributed by atoms with E-state index in [2.05, 4.69) is 22.6 Å². The first-order valence-electron chi connectivity index (χ1n) is 6.63. The fourth-order valence-corrected chi connectivity index (χ4v) is 3.67. The molecule has 4 nitrogen and oxygen atoms in total. The Balaban J connectivity index is 1.81. The highest BCUT2D eigenvalue weighted by Gasteiger charge is 2.43. The van der Waals surface area contributed by atoms with Crippen molar-refractivity contribution < 1.29 is 4.79 Å². The van der Waals surface area contributed by atoms with Crippen molar-refractivity contribution in [2.45, 2.75) is 43.7 Å². The first kappa shape index (κ1) is 11.5. The summed E-state index contributed by atoms with van der Waals surface area (Å²) in [4.78, 5) is 13.9. The molecule has 2 saturated heterocycles. The van der Waals surface area contributed by atoms with E-state index in [1.54, 1.807) is 0 Å². The molecule has 0 saturated carbocycles. The summed E-state index contributed by atoms with van der Waals surface area (Å²) in [6.45, 7) is 3.61. The number of amides is 1. The lowest BCUT2D eigenvalue weighted by Gasteiger charge is -2.38. The summed E-state index contributed by atoms with van der Waals surface area (Å²) in [5, 5.41) is 4.25. The second-order valence-corrected chi connectivity index (χ2v) is 5.38. The van der Waals surface area contributed by atoms with E-state index in [1.165, 1.54) is 11.8 Å². The van der Waals surface area contributed by atoms with E-state index in [4.69, 9.17) is 0 Å². The molecular formula is C14H19N3O. The first-order valence-corrected chi connectivity index (χ1v) is 6.63. The number of nitrogens with zero attached hydrogens (tertiary/aromatic N) is 3. The molecule has 2 atom stereocenters. The third-order valence-corrected chi connectivity index (χ3v) is 4.44. The van der Waals surface area contributed by atoms with Gasteiger partial charge < -0.3 is 4.90 Å². The van der Waals surface area contributed by atoms with Crippen LogP contribution < -0.4 is 0 Å². The molecular weight excluding hydrogens is 226 g/mol. The summed E-state index contributed by atoms with van der Waals surface area (Å²) in [5.41, 5.74) is 1.30. The van der Waals surface area contributed by atoms with Gasteiger partial charge in [-0.05, 0) is 37.8 Å². The Morgan fingerprint density at radius 1 is 1.44 bits per heavy atom. The van der Waals surface area contributed by atoms with Crippen LogP contribution in [0.25, 0.3) is 0 Å². The molecule has 3 heterocycles. The molecule has 4 heteroatoms. The topological polar surface area (TPSA) is 38.1 Å². The number of carbonyl (C=O) groups is 1. The van der Waals surface area contributed by atoms with Gasteiger partial charge in [0, 0.05) is 36.9 Å². The molecule has 0 spiro atoms. The zero-order valence-corrected chi connectivity index (χ0v) is 10.7. The van der Waals surface area contributed by atoms with Gasteiger partial charge in [0.2, 0.25) is 5.91 Å². The molecule has 2 aliphatic heterocycles. The van der Waals surface area contributed by atoms with Crippen molar-refractivity contribution in [1.29, 1.82) is 0 Å². The maximum atomic E-state index is 11.9. The predicted molar refractivity (Wildman–Crippen MR) is 69.0 cm³/mol. The number of hydrogen-bond donors (Lipinski definition) is 0. The molecule has 0 aromatic carbocycles. The molecule has 18 heavy (non-hydrogen) atoms. The summed E-state index contributed by atoms with van der Waals surface area (Å²) in [5.74, 6) is 0.648. The summed E-state index contributed by atoms with van der Waals surface area (Å²) in [6, 6.07) is 2.90. The number of rotatable bonds is 2. The smallest absolute Gasteiger partial charge is 0.246 e. The average Bonchev–Trinajstić information content (AvgIpc) is 2.90. The van der Waals surface area contributed by atoms with Gasteiger partial charge in [0.05, 0.1) is 0 Å². The number of piperidine rings is 1. The average molecular weight is 245 g/mol. The molecule has 2 aliphatic rings. The molecule has 3 rings (SSSR count). The van der Waals surface area contributed by atoms with Crippen molar-refractivity contribution >= 4 is 5.91 Å². The van der Waals surface area contributed by atoms with E-state index in [-0.39, 0.29) is 5.91 Å². The zero-order chi connectivity index (χ0) is 12.7. The minimum Gasteiger partial charge on any atom is -0.333 e. The van der Waals surface area contributed by atoms with Crippen LogP contribution in [0.2, 0.25) is 0 Å². The minimum atomic E-state index is 0.103. The Bertz CT molecular complexity index is 465. The van der Waals surface area contributed by atoms with Crippen molar-refractivity contribution in [2.24, 2.45) is 7.05 Å². The van der Waals surface area contributed by atoms with Crippen LogP contribution in [0, 0.1) is 0 Å². The van der Waals surface area contributed by atoms with Gasteiger partial charge in [0.1, 0.15) is 0 Å². The summed E-state index contributed by atoms with van der Waals surface area (Å²) in [7, 11) is 2.00. The summed E-state index contributed by atoms with van der Waals surface area (Å²) >= 11 is 0. The van der Waals surface area contributed by atoms with E-state index in [1.807, 2.05) is 17.9 Å². The van der Waals surface area contributed by atoms with Crippen LogP contribution in [0.1, 0.15) is 37.3 Å². The lowest BCUT2D eigenvalue weighted by molar-refractivity contribution is -0.130. The maximum absolute atomic E-state index is 11.9. The number of hydrogen-bond acceptors (Lipinski definition) is 2. The van der Waals surface area contributed by atoms with Crippen LogP contribution in [0.5, 0.6) is 0 Å². The van der Waals surface area contributed by atoms with Crippen LogP contribution in [-0.2, 0) is 11.8 Å². The first-order chi connectivity index (χ1) is 8.70. The molecule has 1 aromatic heterocycles. The molecule has 2 unspecified atom stereocenters. The Morgan fingerprint density at radius 2 is 2.11 bits per heavy atom. The minimum absolute atomic E-state index is 0.103. The Kier molecular flexibility index (Phi) is 2.73. The van der Waals surface area contributed by atoms with Crippen molar-refractivity contribution in [3.8, 4) is 0 Å². The third-order valence-electron chi connectivity index (χ3n) is 4.44. The second kappa shape index (κ2) is 4.26. The van der Waals surface area contributed by atoms with E-state index in [9.17, 15) is 4.79 Å². The van der Waals surface area contributed by atoms with Gasteiger partial charge in [-0.25, -0.2) is 0 Å². The Labute approximate surface area is 107 Å². The highest BCUT2D eigenvalue weighted by Crippen LogP contribution is 2.42. The highest BCUT2D eigenvalue weighted by atomic mass is 16.2. The molecule has 1 aromatic rings. The van der Waals surface area contributed by atoms with E-state index < -0.39 is 0 Å². The largest absolute Gasteiger partial charge is 0.333 e. The van der Waals surface area contributed by atoms with E-state index >= 15 is 0 Å². The lowest BCUT2D eigenvalue weighted by atomic mass is 9.88. The number of aromatic nitrogens is 2. The van der Waals surface area contributed by atoms with E-state index in [0.29, 0.717) is 18.0 Å². The fourth-order valence-electron chi connectivity index (χ4n) is 3.67. The quantitative estimate of drug-likeness (QED) is 0.746. The van der Waals surface area contributed by atoms with Crippen LogP contribution in [0.15, 0.2) is 24.9 Å². The van der Waals surface area contributed by atoms with Gasteiger partial charge in [0.25, 0.3) is 0 Å². The van der Waals surface area contributed by atoms with Crippen LogP contribution in [0.3, 0.4) is 0 Å². The van der Waals surface area contributed by atoms with Crippen molar-refractivity contribution in [1.82, 2.24) is 14.7 Å². The molecule has 2 fully saturated rings. The second-order valence-electron chi connectivity index (χ2n) is 5.38. The monoisotopic (exact) mass is 245 g/mol. The molecule has 1 amide bonds. The van der Waals surface area contributed by atoms with Gasteiger partial charge in [-0.2, -0.15) is 5.10 Å². The summed E-state index contributed by atoms with van der Waals surface area (Å²) < 4.78 is 1.97. The Hall–Kier alpha value is -1.58. The maximum Gasteiger partial charge on any atom is 0.246 e. The van der Waals surface area contributed by atoms with Crippen molar-refractivity contribution in [2.75, 3.05) is 0 Å².